The zero-order valence-corrected chi connectivity index (χ0v) is 17.0. The molecule has 4 aromatic carbocycles. The molecule has 0 aliphatic carbocycles. The molecule has 0 unspecified atom stereocenters. The van der Waals surface area contributed by atoms with Crippen molar-refractivity contribution in [2.75, 3.05) is 10.9 Å². The fourth-order valence-corrected chi connectivity index (χ4v) is 3.04. The van der Waals surface area contributed by atoms with E-state index in [0.717, 1.165) is 22.3 Å². The van der Waals surface area contributed by atoms with Crippen LogP contribution in [0, 0.1) is 11.6 Å². The summed E-state index contributed by atoms with van der Waals surface area (Å²) in [6.45, 7) is 0. The van der Waals surface area contributed by atoms with Crippen LogP contribution in [-0.2, 0) is 0 Å². The highest BCUT2D eigenvalue weighted by Gasteiger charge is 1.99. The third-order valence-corrected chi connectivity index (χ3v) is 4.59. The highest BCUT2D eigenvalue weighted by molar-refractivity contribution is 5.84. The summed E-state index contributed by atoms with van der Waals surface area (Å²) in [6.07, 6.45) is 3.36. The van der Waals surface area contributed by atoms with E-state index in [1.807, 2.05) is 48.5 Å². The monoisotopic (exact) mass is 426 g/mol. The maximum atomic E-state index is 13.2. The summed E-state index contributed by atoms with van der Waals surface area (Å²) in [4.78, 5) is 0. The van der Waals surface area contributed by atoms with Crippen LogP contribution in [0.15, 0.2) is 107 Å². The molecule has 0 spiro atoms. The van der Waals surface area contributed by atoms with Gasteiger partial charge in [0, 0.05) is 0 Å². The molecule has 0 atom stereocenters. The van der Waals surface area contributed by atoms with Gasteiger partial charge in [-0.1, -0.05) is 54.6 Å². The summed E-state index contributed by atoms with van der Waals surface area (Å²) in [5.74, 6) is -0.628. The van der Waals surface area contributed by atoms with Crippen LogP contribution in [0.1, 0.15) is 11.1 Å². The molecule has 0 heterocycles. The first-order valence-electron chi connectivity index (χ1n) is 9.95. The van der Waals surface area contributed by atoms with Gasteiger partial charge in [0.15, 0.2) is 0 Å². The fraction of sp³-hybridized carbons (Fsp3) is 0. The Hall–Kier alpha value is -4.32. The molecule has 0 aliphatic heterocycles. The maximum absolute atomic E-state index is 13.2. The van der Waals surface area contributed by atoms with Crippen molar-refractivity contribution < 1.29 is 8.78 Å². The SMILES string of the molecule is Fc1cccc(N/N=C/c2ccc(-c3cccc(/C=N/Nc4cccc(F)c4)c3)cc2)c1. The van der Waals surface area contributed by atoms with Gasteiger partial charge in [0.05, 0.1) is 23.8 Å². The average molecular weight is 426 g/mol. The van der Waals surface area contributed by atoms with E-state index in [9.17, 15) is 8.78 Å². The smallest absolute Gasteiger partial charge is 0.125 e. The lowest BCUT2D eigenvalue weighted by Gasteiger charge is -2.04. The van der Waals surface area contributed by atoms with Gasteiger partial charge < -0.3 is 0 Å². The van der Waals surface area contributed by atoms with Crippen LogP contribution in [0.5, 0.6) is 0 Å². The molecular formula is C26H20F2N4. The van der Waals surface area contributed by atoms with Gasteiger partial charge in [-0.05, 0) is 64.7 Å². The number of nitrogens with zero attached hydrogens (tertiary/aromatic N) is 2. The van der Waals surface area contributed by atoms with Crippen molar-refractivity contribution in [2.24, 2.45) is 10.2 Å². The van der Waals surface area contributed by atoms with Gasteiger partial charge in [-0.15, -0.1) is 0 Å². The predicted octanol–water partition coefficient (Wildman–Crippen LogP) is 6.52. The van der Waals surface area contributed by atoms with E-state index in [-0.39, 0.29) is 11.6 Å². The van der Waals surface area contributed by atoms with Crippen molar-refractivity contribution in [3.63, 3.8) is 0 Å². The first-order valence-corrected chi connectivity index (χ1v) is 9.95. The number of rotatable bonds is 7. The molecule has 4 rings (SSSR count). The van der Waals surface area contributed by atoms with Crippen molar-refractivity contribution in [3.05, 3.63) is 120 Å². The normalized spacial score (nSPS) is 11.2. The van der Waals surface area contributed by atoms with E-state index in [1.165, 1.54) is 24.3 Å². The quantitative estimate of drug-likeness (QED) is 0.261. The van der Waals surface area contributed by atoms with Crippen LogP contribution in [0.4, 0.5) is 20.2 Å². The van der Waals surface area contributed by atoms with Crippen molar-refractivity contribution in [2.45, 2.75) is 0 Å². The van der Waals surface area contributed by atoms with E-state index in [0.29, 0.717) is 11.4 Å². The number of anilines is 2. The van der Waals surface area contributed by atoms with Crippen LogP contribution in [0.3, 0.4) is 0 Å². The minimum absolute atomic E-state index is 0.313. The molecule has 0 bridgehead atoms. The van der Waals surface area contributed by atoms with Gasteiger partial charge in [0.1, 0.15) is 11.6 Å². The minimum atomic E-state index is -0.314. The molecule has 0 aromatic heterocycles. The van der Waals surface area contributed by atoms with Crippen LogP contribution in [0.25, 0.3) is 11.1 Å². The molecule has 0 radical (unpaired) electrons. The number of hydrogen-bond donors (Lipinski definition) is 2. The fourth-order valence-electron chi connectivity index (χ4n) is 3.04. The molecule has 0 saturated heterocycles. The Morgan fingerprint density at radius 2 is 1.09 bits per heavy atom. The Morgan fingerprint density at radius 3 is 1.69 bits per heavy atom. The number of halogens is 2. The molecular weight excluding hydrogens is 406 g/mol. The topological polar surface area (TPSA) is 48.8 Å². The first kappa shape index (κ1) is 20.9. The summed E-state index contributed by atoms with van der Waals surface area (Å²) < 4.78 is 26.4. The lowest BCUT2D eigenvalue weighted by Crippen LogP contribution is -1.92. The second-order valence-electron chi connectivity index (χ2n) is 7.01. The zero-order valence-electron chi connectivity index (χ0n) is 17.0. The third kappa shape index (κ3) is 5.86. The molecule has 32 heavy (non-hydrogen) atoms. The third-order valence-electron chi connectivity index (χ3n) is 4.59. The van der Waals surface area contributed by atoms with E-state index in [2.05, 4.69) is 21.1 Å². The second-order valence-corrected chi connectivity index (χ2v) is 7.01. The Kier molecular flexibility index (Phi) is 6.63. The zero-order chi connectivity index (χ0) is 22.2. The largest absolute Gasteiger partial charge is 0.278 e. The number of hydrogen-bond acceptors (Lipinski definition) is 4. The van der Waals surface area contributed by atoms with Crippen LogP contribution in [-0.4, -0.2) is 12.4 Å². The van der Waals surface area contributed by atoms with Gasteiger partial charge in [-0.3, -0.25) is 10.9 Å². The Bertz CT molecular complexity index is 1250. The summed E-state index contributed by atoms with van der Waals surface area (Å²) >= 11 is 0. The number of benzene rings is 4. The van der Waals surface area contributed by atoms with Crippen LogP contribution in [0.2, 0.25) is 0 Å². The van der Waals surface area contributed by atoms with Crippen LogP contribution < -0.4 is 10.9 Å². The average Bonchev–Trinajstić information content (AvgIpc) is 2.80. The molecule has 158 valence electrons. The van der Waals surface area contributed by atoms with E-state index >= 15 is 0 Å². The predicted molar refractivity (Wildman–Crippen MR) is 127 cm³/mol. The minimum Gasteiger partial charge on any atom is -0.278 e. The first-order chi connectivity index (χ1) is 15.7. The maximum Gasteiger partial charge on any atom is 0.125 e. The van der Waals surface area contributed by atoms with E-state index in [4.69, 9.17) is 0 Å². The Balaban J connectivity index is 1.39. The van der Waals surface area contributed by atoms with Gasteiger partial charge in [-0.25, -0.2) is 8.78 Å². The number of hydrazone groups is 2. The van der Waals surface area contributed by atoms with Crippen molar-refractivity contribution in [3.8, 4) is 11.1 Å². The van der Waals surface area contributed by atoms with Gasteiger partial charge >= 0.3 is 0 Å². The molecule has 0 fully saturated rings. The van der Waals surface area contributed by atoms with E-state index < -0.39 is 0 Å². The molecule has 6 heteroatoms. The molecule has 4 aromatic rings. The standard InChI is InChI=1S/C26H20F2N4/c27-23-6-2-8-25(15-23)31-29-17-19-10-12-21(13-11-19)22-5-1-4-20(14-22)18-30-32-26-9-3-7-24(28)16-26/h1-18,31-32H/b29-17+,30-18+. The molecule has 4 nitrogen and oxygen atoms in total. The van der Waals surface area contributed by atoms with Crippen molar-refractivity contribution in [1.29, 1.82) is 0 Å². The van der Waals surface area contributed by atoms with Gasteiger partial charge in [0.2, 0.25) is 0 Å². The summed E-state index contributed by atoms with van der Waals surface area (Å²) in [6, 6.07) is 28.1. The van der Waals surface area contributed by atoms with E-state index in [1.54, 1.807) is 36.7 Å². The van der Waals surface area contributed by atoms with Crippen LogP contribution >= 0.6 is 0 Å². The lowest BCUT2D eigenvalue weighted by molar-refractivity contribution is 0.628. The van der Waals surface area contributed by atoms with Crippen molar-refractivity contribution in [1.82, 2.24) is 0 Å². The summed E-state index contributed by atoms with van der Waals surface area (Å²) in [5, 5.41) is 8.32. The van der Waals surface area contributed by atoms with Gasteiger partial charge in [-0.2, -0.15) is 10.2 Å². The summed E-state index contributed by atoms with van der Waals surface area (Å²) in [5.41, 5.74) is 10.7. The highest BCUT2D eigenvalue weighted by Crippen LogP contribution is 2.20. The number of nitrogens with one attached hydrogen (secondary N) is 2. The van der Waals surface area contributed by atoms with Crippen molar-refractivity contribution >= 4 is 23.8 Å². The Labute approximate surface area is 184 Å². The van der Waals surface area contributed by atoms with Gasteiger partial charge in [0.25, 0.3) is 0 Å². The lowest BCUT2D eigenvalue weighted by atomic mass is 10.0. The highest BCUT2D eigenvalue weighted by atomic mass is 19.1. The molecule has 0 aliphatic rings. The second kappa shape index (κ2) is 10.1. The summed E-state index contributed by atoms with van der Waals surface area (Å²) in [7, 11) is 0. The molecule has 0 saturated carbocycles. The molecule has 2 N–H and O–H groups in total. The Morgan fingerprint density at radius 1 is 0.531 bits per heavy atom. The molecule has 0 amide bonds.